The fraction of sp³-hybridized carbons (Fsp3) is 0.316. The van der Waals surface area contributed by atoms with E-state index in [-0.39, 0.29) is 24.1 Å². The molecule has 6 nitrogen and oxygen atoms in total. The minimum atomic E-state index is -0.251. The van der Waals surface area contributed by atoms with Crippen LogP contribution in [0.3, 0.4) is 0 Å². The Morgan fingerprint density at radius 3 is 2.71 bits per heavy atom. The summed E-state index contributed by atoms with van der Waals surface area (Å²) in [6.07, 6.45) is 0. The molecule has 0 aliphatic rings. The summed E-state index contributed by atoms with van der Waals surface area (Å²) in [5, 5.41) is 4.22. The molecule has 0 saturated heterocycles. The lowest BCUT2D eigenvalue weighted by atomic mass is 10.2. The second-order valence-electron chi connectivity index (χ2n) is 6.68. The highest BCUT2D eigenvalue weighted by Gasteiger charge is 2.20. The Bertz CT molecular complexity index is 1110. The molecule has 148 valence electrons. The van der Waals surface area contributed by atoms with E-state index < -0.39 is 0 Å². The minimum absolute atomic E-state index is 0.117. The van der Waals surface area contributed by atoms with Crippen molar-refractivity contribution >= 4 is 56.3 Å². The summed E-state index contributed by atoms with van der Waals surface area (Å²) in [5.74, 6) is 0.322. The number of aromatic amines is 1. The van der Waals surface area contributed by atoms with Crippen LogP contribution < -0.4 is 10.9 Å². The fourth-order valence-electron chi connectivity index (χ4n) is 2.82. The monoisotopic (exact) mass is 438 g/mol. The van der Waals surface area contributed by atoms with Gasteiger partial charge in [-0.2, -0.15) is 0 Å². The van der Waals surface area contributed by atoms with Crippen LogP contribution >= 0.6 is 34.5 Å². The van der Waals surface area contributed by atoms with Crippen LogP contribution in [0, 0.1) is 13.8 Å². The Balaban J connectivity index is 1.74. The topological polar surface area (TPSA) is 78.1 Å². The second-order valence-corrected chi connectivity index (χ2v) is 8.70. The van der Waals surface area contributed by atoms with Gasteiger partial charge < -0.3 is 10.3 Å². The number of rotatable bonds is 5. The molecule has 1 amide bonds. The standard InChI is InChI=1S/C19H20Cl2N4O2S/c1-9-11(3)28-19-16(9)18(27)23-17(24-19)10(2)25(4)8-15(26)22-12-5-6-13(20)14(21)7-12/h5-7,10H,8H2,1-4H3,(H,22,26)(H,23,24,27). The lowest BCUT2D eigenvalue weighted by Gasteiger charge is -2.23. The average molecular weight is 439 g/mol. The van der Waals surface area contributed by atoms with Crippen molar-refractivity contribution in [1.82, 2.24) is 14.9 Å². The molecule has 2 aromatic heterocycles. The summed E-state index contributed by atoms with van der Waals surface area (Å²) in [4.78, 5) is 35.9. The van der Waals surface area contributed by atoms with Crippen LogP contribution in [-0.2, 0) is 4.79 Å². The highest BCUT2D eigenvalue weighted by molar-refractivity contribution is 7.18. The van der Waals surface area contributed by atoms with E-state index in [1.54, 1.807) is 25.2 Å². The van der Waals surface area contributed by atoms with Gasteiger partial charge in [-0.3, -0.25) is 14.5 Å². The van der Waals surface area contributed by atoms with Crippen molar-refractivity contribution in [3.8, 4) is 0 Å². The smallest absolute Gasteiger partial charge is 0.259 e. The lowest BCUT2D eigenvalue weighted by Crippen LogP contribution is -2.33. The number of amides is 1. The number of fused-ring (bicyclic) bond motifs is 1. The van der Waals surface area contributed by atoms with E-state index in [2.05, 4.69) is 15.3 Å². The molecule has 0 saturated carbocycles. The molecule has 3 aromatic rings. The molecule has 2 heterocycles. The number of hydrogen-bond acceptors (Lipinski definition) is 5. The molecule has 2 N–H and O–H groups in total. The van der Waals surface area contributed by atoms with Crippen molar-refractivity contribution < 1.29 is 4.79 Å². The summed E-state index contributed by atoms with van der Waals surface area (Å²) in [5.41, 5.74) is 1.38. The van der Waals surface area contributed by atoms with Crippen LogP contribution in [-0.4, -0.2) is 34.4 Å². The van der Waals surface area contributed by atoms with E-state index in [0.717, 1.165) is 10.4 Å². The van der Waals surface area contributed by atoms with Gasteiger partial charge in [0.25, 0.3) is 5.56 Å². The number of carbonyl (C=O) groups is 1. The van der Waals surface area contributed by atoms with Crippen molar-refractivity contribution in [2.24, 2.45) is 0 Å². The van der Waals surface area contributed by atoms with Crippen LogP contribution in [0.4, 0.5) is 5.69 Å². The number of carbonyl (C=O) groups excluding carboxylic acids is 1. The minimum Gasteiger partial charge on any atom is -0.325 e. The van der Waals surface area contributed by atoms with Crippen LogP contribution in [0.5, 0.6) is 0 Å². The Hall–Kier alpha value is -1.93. The fourth-order valence-corrected chi connectivity index (χ4v) is 4.15. The molecule has 0 aliphatic carbocycles. The number of nitrogens with zero attached hydrogens (tertiary/aromatic N) is 2. The molecular weight excluding hydrogens is 419 g/mol. The summed E-state index contributed by atoms with van der Waals surface area (Å²) in [6.45, 7) is 5.91. The predicted octanol–water partition coefficient (Wildman–Crippen LogP) is 4.54. The van der Waals surface area contributed by atoms with E-state index in [0.29, 0.717) is 31.8 Å². The van der Waals surface area contributed by atoms with E-state index >= 15 is 0 Å². The van der Waals surface area contributed by atoms with E-state index in [9.17, 15) is 9.59 Å². The molecule has 1 aromatic carbocycles. The van der Waals surface area contributed by atoms with Crippen molar-refractivity contribution in [2.75, 3.05) is 18.9 Å². The zero-order chi connectivity index (χ0) is 20.6. The number of anilines is 1. The second kappa shape index (κ2) is 8.21. The van der Waals surface area contributed by atoms with Gasteiger partial charge in [-0.1, -0.05) is 23.2 Å². The Kier molecular flexibility index (Phi) is 6.09. The Morgan fingerprint density at radius 2 is 2.04 bits per heavy atom. The number of halogens is 2. The first kappa shape index (κ1) is 20.8. The Labute approximate surface area is 176 Å². The highest BCUT2D eigenvalue weighted by Crippen LogP contribution is 2.27. The summed E-state index contributed by atoms with van der Waals surface area (Å²) in [6, 6.07) is 4.66. The molecule has 0 radical (unpaired) electrons. The molecule has 0 spiro atoms. The Morgan fingerprint density at radius 1 is 1.32 bits per heavy atom. The van der Waals surface area contributed by atoms with Gasteiger partial charge in [0, 0.05) is 10.6 Å². The maximum absolute atomic E-state index is 12.5. The van der Waals surface area contributed by atoms with Crippen molar-refractivity contribution in [2.45, 2.75) is 26.8 Å². The van der Waals surface area contributed by atoms with Gasteiger partial charge in [-0.05, 0) is 51.6 Å². The number of thiophene rings is 1. The largest absolute Gasteiger partial charge is 0.325 e. The maximum atomic E-state index is 12.5. The molecular formula is C19H20Cl2N4O2S. The normalized spacial score (nSPS) is 12.5. The first-order valence-corrected chi connectivity index (χ1v) is 10.2. The lowest BCUT2D eigenvalue weighted by molar-refractivity contribution is -0.117. The van der Waals surface area contributed by atoms with Gasteiger partial charge in [0.05, 0.1) is 28.0 Å². The van der Waals surface area contributed by atoms with Crippen LogP contribution in [0.1, 0.15) is 29.2 Å². The number of nitrogens with one attached hydrogen (secondary N) is 2. The zero-order valence-corrected chi connectivity index (χ0v) is 18.2. The van der Waals surface area contributed by atoms with E-state index in [1.165, 1.54) is 11.3 Å². The van der Waals surface area contributed by atoms with Gasteiger partial charge in [0.2, 0.25) is 5.91 Å². The summed E-state index contributed by atoms with van der Waals surface area (Å²) < 4.78 is 0. The zero-order valence-electron chi connectivity index (χ0n) is 15.9. The molecule has 3 rings (SSSR count). The van der Waals surface area contributed by atoms with E-state index in [1.807, 2.05) is 25.7 Å². The molecule has 1 atom stereocenters. The highest BCUT2D eigenvalue weighted by atomic mass is 35.5. The first-order chi connectivity index (χ1) is 13.2. The van der Waals surface area contributed by atoms with Crippen molar-refractivity contribution in [1.29, 1.82) is 0 Å². The third-order valence-electron chi connectivity index (χ3n) is 4.71. The van der Waals surface area contributed by atoms with Crippen LogP contribution in [0.15, 0.2) is 23.0 Å². The quantitative estimate of drug-likeness (QED) is 0.612. The van der Waals surface area contributed by atoms with Gasteiger partial charge in [0.15, 0.2) is 0 Å². The molecule has 1 unspecified atom stereocenters. The molecule has 28 heavy (non-hydrogen) atoms. The number of aromatic nitrogens is 2. The number of hydrogen-bond donors (Lipinski definition) is 2. The van der Waals surface area contributed by atoms with E-state index in [4.69, 9.17) is 23.2 Å². The summed E-state index contributed by atoms with van der Waals surface area (Å²) >= 11 is 13.4. The molecule has 0 fully saturated rings. The first-order valence-electron chi connectivity index (χ1n) is 8.62. The van der Waals surface area contributed by atoms with Crippen LogP contribution in [0.25, 0.3) is 10.2 Å². The number of benzene rings is 1. The molecule has 9 heteroatoms. The predicted molar refractivity (Wildman–Crippen MR) is 116 cm³/mol. The third-order valence-corrected chi connectivity index (χ3v) is 6.55. The number of aryl methyl sites for hydroxylation is 2. The average Bonchev–Trinajstić information content (AvgIpc) is 2.91. The maximum Gasteiger partial charge on any atom is 0.259 e. The molecule has 0 bridgehead atoms. The SMILES string of the molecule is Cc1sc2nc(C(C)N(C)CC(=O)Nc3ccc(Cl)c(Cl)c3)[nH]c(=O)c2c1C. The van der Waals surface area contributed by atoms with Gasteiger partial charge in [-0.15, -0.1) is 11.3 Å². The van der Waals surface area contributed by atoms with Crippen molar-refractivity contribution in [3.05, 3.63) is 54.9 Å². The van der Waals surface area contributed by atoms with Gasteiger partial charge in [0.1, 0.15) is 10.7 Å². The van der Waals surface area contributed by atoms with Gasteiger partial charge >= 0.3 is 0 Å². The number of H-pyrrole nitrogens is 1. The van der Waals surface area contributed by atoms with Gasteiger partial charge in [-0.25, -0.2) is 4.98 Å². The van der Waals surface area contributed by atoms with Crippen molar-refractivity contribution in [3.63, 3.8) is 0 Å². The number of likely N-dealkylation sites (N-methyl/N-ethyl adjacent to an activating group) is 1. The molecule has 0 aliphatic heterocycles. The third kappa shape index (κ3) is 4.22. The summed E-state index contributed by atoms with van der Waals surface area (Å²) in [7, 11) is 1.80. The van der Waals surface area contributed by atoms with Crippen LogP contribution in [0.2, 0.25) is 10.0 Å².